The number of aromatic nitrogens is 1. The lowest BCUT2D eigenvalue weighted by Crippen LogP contribution is -2.23. The zero-order chi connectivity index (χ0) is 20.1. The Kier molecular flexibility index (Phi) is 6.24. The highest BCUT2D eigenvalue weighted by molar-refractivity contribution is 7.89. The number of sulfonamides is 1. The van der Waals surface area contributed by atoms with Crippen LogP contribution in [0.3, 0.4) is 0 Å². The van der Waals surface area contributed by atoms with Crippen LogP contribution in [0.1, 0.15) is 24.1 Å². The van der Waals surface area contributed by atoms with Gasteiger partial charge in [-0.2, -0.15) is 0 Å². The molecule has 6 heteroatoms. The van der Waals surface area contributed by atoms with E-state index in [1.807, 2.05) is 43.3 Å². The molecule has 1 N–H and O–H groups in total. The standard InChI is InChI=1S/C22H25N3O2S/c1-17(19-9-7-11-21(15-19)28(26,27)25(2)3)24-16-18-8-6-10-20(14-18)22-12-4-5-13-23-22/h4-15,17,24H,16H2,1-3H3/t17-/m0/s1. The number of pyridine rings is 1. The zero-order valence-corrected chi connectivity index (χ0v) is 17.1. The first kappa shape index (κ1) is 20.2. The monoisotopic (exact) mass is 395 g/mol. The van der Waals surface area contributed by atoms with Crippen LogP contribution in [0, 0.1) is 0 Å². The van der Waals surface area contributed by atoms with Crippen molar-refractivity contribution in [3.05, 3.63) is 84.1 Å². The van der Waals surface area contributed by atoms with E-state index < -0.39 is 10.0 Å². The van der Waals surface area contributed by atoms with Crippen molar-refractivity contribution in [3.8, 4) is 11.3 Å². The molecule has 0 saturated heterocycles. The van der Waals surface area contributed by atoms with Gasteiger partial charge in [-0.05, 0) is 48.4 Å². The van der Waals surface area contributed by atoms with E-state index in [9.17, 15) is 8.42 Å². The Morgan fingerprint density at radius 3 is 2.50 bits per heavy atom. The van der Waals surface area contributed by atoms with E-state index in [-0.39, 0.29) is 6.04 Å². The summed E-state index contributed by atoms with van der Waals surface area (Å²) >= 11 is 0. The quantitative estimate of drug-likeness (QED) is 0.660. The maximum Gasteiger partial charge on any atom is 0.242 e. The minimum atomic E-state index is -3.44. The van der Waals surface area contributed by atoms with Crippen molar-refractivity contribution >= 4 is 10.0 Å². The Morgan fingerprint density at radius 1 is 1.00 bits per heavy atom. The van der Waals surface area contributed by atoms with Crippen LogP contribution in [-0.2, 0) is 16.6 Å². The number of nitrogens with one attached hydrogen (secondary N) is 1. The van der Waals surface area contributed by atoms with Crippen LogP contribution in [0.4, 0.5) is 0 Å². The van der Waals surface area contributed by atoms with E-state index in [0.717, 1.165) is 22.4 Å². The second-order valence-corrected chi connectivity index (χ2v) is 9.03. The highest BCUT2D eigenvalue weighted by atomic mass is 32.2. The summed E-state index contributed by atoms with van der Waals surface area (Å²) in [6, 6.07) is 21.2. The van der Waals surface area contributed by atoms with E-state index in [2.05, 4.69) is 22.4 Å². The predicted molar refractivity (Wildman–Crippen MR) is 112 cm³/mol. The lowest BCUT2D eigenvalue weighted by atomic mass is 10.1. The molecule has 0 spiro atoms. The van der Waals surface area contributed by atoms with Crippen LogP contribution in [-0.4, -0.2) is 31.8 Å². The van der Waals surface area contributed by atoms with Gasteiger partial charge in [0.25, 0.3) is 0 Å². The minimum Gasteiger partial charge on any atom is -0.306 e. The molecule has 0 bridgehead atoms. The van der Waals surface area contributed by atoms with Crippen molar-refractivity contribution in [3.63, 3.8) is 0 Å². The Morgan fingerprint density at radius 2 is 1.79 bits per heavy atom. The predicted octanol–water partition coefficient (Wildman–Crippen LogP) is 3.85. The van der Waals surface area contributed by atoms with Crippen molar-refractivity contribution in [1.82, 2.24) is 14.6 Å². The van der Waals surface area contributed by atoms with Gasteiger partial charge in [-0.15, -0.1) is 0 Å². The van der Waals surface area contributed by atoms with E-state index in [1.165, 1.54) is 18.4 Å². The molecule has 1 atom stereocenters. The molecule has 0 saturated carbocycles. The van der Waals surface area contributed by atoms with Crippen LogP contribution in [0.2, 0.25) is 0 Å². The largest absolute Gasteiger partial charge is 0.306 e. The van der Waals surface area contributed by atoms with E-state index in [4.69, 9.17) is 0 Å². The Labute approximate surface area is 167 Å². The fourth-order valence-corrected chi connectivity index (χ4v) is 3.88. The molecule has 0 aliphatic carbocycles. The molecule has 28 heavy (non-hydrogen) atoms. The van der Waals surface area contributed by atoms with E-state index in [0.29, 0.717) is 11.4 Å². The number of benzene rings is 2. The van der Waals surface area contributed by atoms with Crippen molar-refractivity contribution in [2.45, 2.75) is 24.4 Å². The number of nitrogens with zero attached hydrogens (tertiary/aromatic N) is 2. The van der Waals surface area contributed by atoms with Crippen molar-refractivity contribution < 1.29 is 8.42 Å². The van der Waals surface area contributed by atoms with Gasteiger partial charge in [0.05, 0.1) is 10.6 Å². The Bertz CT molecular complexity index is 1030. The molecule has 146 valence electrons. The molecular formula is C22H25N3O2S. The fraction of sp³-hybridized carbons (Fsp3) is 0.227. The van der Waals surface area contributed by atoms with Crippen LogP contribution in [0.15, 0.2) is 77.8 Å². The first-order valence-electron chi connectivity index (χ1n) is 9.14. The number of hydrogen-bond donors (Lipinski definition) is 1. The molecule has 1 heterocycles. The van der Waals surface area contributed by atoms with Crippen LogP contribution in [0.5, 0.6) is 0 Å². The molecule has 3 aromatic rings. The highest BCUT2D eigenvalue weighted by Crippen LogP contribution is 2.21. The molecule has 0 aliphatic rings. The molecule has 0 fully saturated rings. The molecule has 0 radical (unpaired) electrons. The van der Waals surface area contributed by atoms with Crippen LogP contribution in [0.25, 0.3) is 11.3 Å². The smallest absolute Gasteiger partial charge is 0.242 e. The first-order chi connectivity index (χ1) is 13.4. The van der Waals surface area contributed by atoms with Crippen LogP contribution >= 0.6 is 0 Å². The van der Waals surface area contributed by atoms with Gasteiger partial charge in [0.2, 0.25) is 10.0 Å². The van der Waals surface area contributed by atoms with Crippen molar-refractivity contribution in [2.24, 2.45) is 0 Å². The maximum atomic E-state index is 12.4. The second-order valence-electron chi connectivity index (χ2n) is 6.88. The third-order valence-corrected chi connectivity index (χ3v) is 6.45. The molecule has 0 aliphatic heterocycles. The van der Waals surface area contributed by atoms with Crippen molar-refractivity contribution in [2.75, 3.05) is 14.1 Å². The number of hydrogen-bond acceptors (Lipinski definition) is 4. The lowest BCUT2D eigenvalue weighted by molar-refractivity contribution is 0.520. The molecule has 1 aromatic heterocycles. The Balaban J connectivity index is 1.72. The summed E-state index contributed by atoms with van der Waals surface area (Å²) in [7, 11) is -0.358. The normalized spacial score (nSPS) is 12.9. The third kappa shape index (κ3) is 4.65. The lowest BCUT2D eigenvalue weighted by Gasteiger charge is -2.17. The van der Waals surface area contributed by atoms with Gasteiger partial charge in [0.1, 0.15) is 0 Å². The van der Waals surface area contributed by atoms with Crippen molar-refractivity contribution in [1.29, 1.82) is 0 Å². The van der Waals surface area contributed by atoms with Gasteiger partial charge in [-0.1, -0.05) is 36.4 Å². The zero-order valence-electron chi connectivity index (χ0n) is 16.3. The van der Waals surface area contributed by atoms with Crippen LogP contribution < -0.4 is 5.32 Å². The summed E-state index contributed by atoms with van der Waals surface area (Å²) in [4.78, 5) is 4.70. The SMILES string of the molecule is C[C@H](NCc1cccc(-c2ccccn2)c1)c1cccc(S(=O)(=O)N(C)C)c1. The van der Waals surface area contributed by atoms with Gasteiger partial charge < -0.3 is 5.32 Å². The minimum absolute atomic E-state index is 0.0100. The van der Waals surface area contributed by atoms with Gasteiger partial charge in [0.15, 0.2) is 0 Å². The Hall–Kier alpha value is -2.54. The highest BCUT2D eigenvalue weighted by Gasteiger charge is 2.18. The number of rotatable bonds is 7. The van der Waals surface area contributed by atoms with Gasteiger partial charge in [0, 0.05) is 38.4 Å². The maximum absolute atomic E-state index is 12.4. The molecule has 3 rings (SSSR count). The summed E-state index contributed by atoms with van der Waals surface area (Å²) in [6.45, 7) is 2.70. The summed E-state index contributed by atoms with van der Waals surface area (Å²) in [5.74, 6) is 0. The third-order valence-electron chi connectivity index (χ3n) is 4.64. The first-order valence-corrected chi connectivity index (χ1v) is 10.6. The second kappa shape index (κ2) is 8.65. The molecule has 2 aromatic carbocycles. The van der Waals surface area contributed by atoms with Gasteiger partial charge >= 0.3 is 0 Å². The summed E-state index contributed by atoms with van der Waals surface area (Å²) < 4.78 is 25.9. The topological polar surface area (TPSA) is 62.3 Å². The molecular weight excluding hydrogens is 370 g/mol. The molecule has 5 nitrogen and oxygen atoms in total. The van der Waals surface area contributed by atoms with Gasteiger partial charge in [-0.3, -0.25) is 4.98 Å². The summed E-state index contributed by atoms with van der Waals surface area (Å²) in [5.41, 5.74) is 4.10. The summed E-state index contributed by atoms with van der Waals surface area (Å²) in [5, 5.41) is 3.47. The fourth-order valence-electron chi connectivity index (χ4n) is 2.92. The van der Waals surface area contributed by atoms with E-state index >= 15 is 0 Å². The van der Waals surface area contributed by atoms with Gasteiger partial charge in [-0.25, -0.2) is 12.7 Å². The average Bonchev–Trinajstić information content (AvgIpc) is 2.73. The molecule has 0 amide bonds. The van der Waals surface area contributed by atoms with E-state index in [1.54, 1.807) is 24.4 Å². The molecule has 0 unspecified atom stereocenters. The summed E-state index contributed by atoms with van der Waals surface area (Å²) in [6.07, 6.45) is 1.79. The average molecular weight is 396 g/mol.